The molecule has 0 spiro atoms. The first-order chi connectivity index (χ1) is 13.0. The Bertz CT molecular complexity index is 1190. The highest BCUT2D eigenvalue weighted by Gasteiger charge is 2.09. The van der Waals surface area contributed by atoms with Crippen molar-refractivity contribution in [1.82, 2.24) is 24.7 Å². The number of hydrogen-bond acceptors (Lipinski definition) is 7. The molecule has 0 radical (unpaired) electrons. The summed E-state index contributed by atoms with van der Waals surface area (Å²) in [5.41, 5.74) is 2.41. The molecule has 136 valence electrons. The van der Waals surface area contributed by atoms with Gasteiger partial charge in [0.1, 0.15) is 0 Å². The number of pyridine rings is 1. The van der Waals surface area contributed by atoms with E-state index in [2.05, 4.69) is 25.4 Å². The topological polar surface area (TPSA) is 103 Å². The van der Waals surface area contributed by atoms with Crippen molar-refractivity contribution in [3.8, 4) is 0 Å². The van der Waals surface area contributed by atoms with Gasteiger partial charge in [0.2, 0.25) is 5.95 Å². The van der Waals surface area contributed by atoms with Gasteiger partial charge in [0.05, 0.1) is 23.0 Å². The van der Waals surface area contributed by atoms with E-state index in [1.54, 1.807) is 53.7 Å². The highest BCUT2D eigenvalue weighted by molar-refractivity contribution is 7.90. The van der Waals surface area contributed by atoms with Gasteiger partial charge in [-0.1, -0.05) is 6.07 Å². The number of rotatable bonds is 5. The SMILES string of the molecule is CS(=O)(=O)c1ccc(Nc2ncc3cnn(Cc4cccnc4)c3n2)cc1. The molecule has 9 heteroatoms. The Labute approximate surface area is 155 Å². The fourth-order valence-electron chi connectivity index (χ4n) is 2.62. The van der Waals surface area contributed by atoms with Crippen LogP contribution in [0.4, 0.5) is 11.6 Å². The number of fused-ring (bicyclic) bond motifs is 1. The maximum Gasteiger partial charge on any atom is 0.229 e. The van der Waals surface area contributed by atoms with E-state index in [1.165, 1.54) is 6.26 Å². The molecule has 1 N–H and O–H groups in total. The van der Waals surface area contributed by atoms with Crippen molar-refractivity contribution >= 4 is 32.5 Å². The lowest BCUT2D eigenvalue weighted by Gasteiger charge is -2.07. The van der Waals surface area contributed by atoms with E-state index in [0.717, 1.165) is 10.9 Å². The lowest BCUT2D eigenvalue weighted by molar-refractivity contribution is 0.602. The average molecular weight is 380 g/mol. The van der Waals surface area contributed by atoms with Crippen LogP contribution in [0.5, 0.6) is 0 Å². The van der Waals surface area contributed by atoms with Gasteiger partial charge in [0, 0.05) is 30.5 Å². The second kappa shape index (κ2) is 6.76. The Morgan fingerprint density at radius 2 is 1.89 bits per heavy atom. The van der Waals surface area contributed by atoms with Gasteiger partial charge >= 0.3 is 0 Å². The van der Waals surface area contributed by atoms with Crippen molar-refractivity contribution in [2.45, 2.75) is 11.4 Å². The lowest BCUT2D eigenvalue weighted by Crippen LogP contribution is -2.04. The number of benzene rings is 1. The van der Waals surface area contributed by atoms with Crippen molar-refractivity contribution < 1.29 is 8.42 Å². The van der Waals surface area contributed by atoms with E-state index in [9.17, 15) is 8.42 Å². The Balaban J connectivity index is 1.60. The third kappa shape index (κ3) is 3.77. The Kier molecular flexibility index (Phi) is 4.28. The maximum absolute atomic E-state index is 11.5. The van der Waals surface area contributed by atoms with Crippen molar-refractivity contribution in [2.75, 3.05) is 11.6 Å². The van der Waals surface area contributed by atoms with Crippen LogP contribution >= 0.6 is 0 Å². The summed E-state index contributed by atoms with van der Waals surface area (Å²) in [6.45, 7) is 0.552. The smallest absolute Gasteiger partial charge is 0.229 e. The van der Waals surface area contributed by atoms with E-state index in [0.29, 0.717) is 23.8 Å². The molecule has 0 fully saturated rings. The van der Waals surface area contributed by atoms with E-state index >= 15 is 0 Å². The summed E-state index contributed by atoms with van der Waals surface area (Å²) in [5, 5.41) is 8.28. The Morgan fingerprint density at radius 3 is 2.59 bits per heavy atom. The zero-order chi connectivity index (χ0) is 18.9. The molecular weight excluding hydrogens is 364 g/mol. The summed E-state index contributed by atoms with van der Waals surface area (Å²) < 4.78 is 24.9. The summed E-state index contributed by atoms with van der Waals surface area (Å²) in [6, 6.07) is 10.3. The van der Waals surface area contributed by atoms with Gasteiger partial charge in [-0.3, -0.25) is 4.98 Å². The Morgan fingerprint density at radius 1 is 1.07 bits per heavy atom. The van der Waals surface area contributed by atoms with Crippen LogP contribution in [0.3, 0.4) is 0 Å². The van der Waals surface area contributed by atoms with Crippen LogP contribution < -0.4 is 5.32 Å². The molecule has 3 heterocycles. The van der Waals surface area contributed by atoms with Crippen molar-refractivity contribution in [1.29, 1.82) is 0 Å². The third-order valence-electron chi connectivity index (χ3n) is 3.97. The molecular formula is C18H16N6O2S. The molecule has 0 aliphatic rings. The summed E-state index contributed by atoms with van der Waals surface area (Å²) in [6.07, 6.45) is 8.11. The highest BCUT2D eigenvalue weighted by Crippen LogP contribution is 2.19. The summed E-state index contributed by atoms with van der Waals surface area (Å²) in [7, 11) is -3.22. The Hall–Kier alpha value is -3.33. The zero-order valence-electron chi connectivity index (χ0n) is 14.4. The van der Waals surface area contributed by atoms with Gasteiger partial charge in [-0.2, -0.15) is 10.1 Å². The van der Waals surface area contributed by atoms with Crippen molar-refractivity contribution in [3.05, 3.63) is 66.7 Å². The fourth-order valence-corrected chi connectivity index (χ4v) is 3.25. The number of sulfone groups is 1. The van der Waals surface area contributed by atoms with E-state index in [4.69, 9.17) is 0 Å². The van der Waals surface area contributed by atoms with E-state index < -0.39 is 9.84 Å². The van der Waals surface area contributed by atoms with Crippen LogP contribution in [-0.4, -0.2) is 39.4 Å². The minimum absolute atomic E-state index is 0.263. The number of anilines is 2. The standard InChI is InChI=1S/C18H16N6O2S/c1-27(25,26)16-6-4-15(5-7-16)22-18-20-10-14-11-21-24(17(14)23-18)12-13-3-2-8-19-9-13/h2-11H,12H2,1H3,(H,20,22,23). The van der Waals surface area contributed by atoms with Crippen LogP contribution in [0.1, 0.15) is 5.56 Å². The number of aromatic nitrogens is 5. The summed E-state index contributed by atoms with van der Waals surface area (Å²) in [5.74, 6) is 0.405. The van der Waals surface area contributed by atoms with Crippen molar-refractivity contribution in [3.63, 3.8) is 0 Å². The molecule has 0 atom stereocenters. The number of nitrogens with zero attached hydrogens (tertiary/aromatic N) is 5. The molecule has 0 bridgehead atoms. The first kappa shape index (κ1) is 17.1. The molecule has 3 aromatic heterocycles. The van der Waals surface area contributed by atoms with Crippen molar-refractivity contribution in [2.24, 2.45) is 0 Å². The van der Waals surface area contributed by atoms with Crippen LogP contribution in [0, 0.1) is 0 Å². The maximum atomic E-state index is 11.5. The molecule has 4 aromatic rings. The quantitative estimate of drug-likeness (QED) is 0.567. The van der Waals surface area contributed by atoms with Gasteiger partial charge in [-0.05, 0) is 35.9 Å². The van der Waals surface area contributed by atoms with Gasteiger partial charge in [0.15, 0.2) is 15.5 Å². The second-order valence-electron chi connectivity index (χ2n) is 6.06. The predicted molar refractivity (Wildman–Crippen MR) is 101 cm³/mol. The molecule has 27 heavy (non-hydrogen) atoms. The van der Waals surface area contributed by atoms with Gasteiger partial charge in [-0.15, -0.1) is 0 Å². The summed E-state index contributed by atoms with van der Waals surface area (Å²) >= 11 is 0. The summed E-state index contributed by atoms with van der Waals surface area (Å²) in [4.78, 5) is 13.2. The fraction of sp³-hybridized carbons (Fsp3) is 0.111. The van der Waals surface area contributed by atoms with Gasteiger partial charge < -0.3 is 5.32 Å². The highest BCUT2D eigenvalue weighted by atomic mass is 32.2. The first-order valence-corrected chi connectivity index (χ1v) is 10.0. The lowest BCUT2D eigenvalue weighted by atomic mass is 10.3. The predicted octanol–water partition coefficient (Wildman–Crippen LogP) is 2.42. The minimum Gasteiger partial charge on any atom is -0.324 e. The average Bonchev–Trinajstić information content (AvgIpc) is 3.04. The third-order valence-corrected chi connectivity index (χ3v) is 5.10. The normalized spacial score (nSPS) is 11.6. The molecule has 0 amide bonds. The zero-order valence-corrected chi connectivity index (χ0v) is 15.3. The van der Waals surface area contributed by atoms with Crippen LogP contribution in [0.2, 0.25) is 0 Å². The molecule has 0 aliphatic heterocycles. The molecule has 4 rings (SSSR count). The monoisotopic (exact) mass is 380 g/mol. The molecule has 8 nitrogen and oxygen atoms in total. The molecule has 0 aliphatic carbocycles. The van der Waals surface area contributed by atoms with Gasteiger partial charge in [-0.25, -0.2) is 18.1 Å². The van der Waals surface area contributed by atoms with Gasteiger partial charge in [0.25, 0.3) is 0 Å². The van der Waals surface area contributed by atoms with Crippen LogP contribution in [0.15, 0.2) is 66.1 Å². The molecule has 0 saturated heterocycles. The van der Waals surface area contributed by atoms with Crippen LogP contribution in [0.25, 0.3) is 11.0 Å². The largest absolute Gasteiger partial charge is 0.324 e. The number of nitrogens with one attached hydrogen (secondary N) is 1. The van der Waals surface area contributed by atoms with E-state index in [1.807, 2.05) is 12.1 Å². The minimum atomic E-state index is -3.22. The second-order valence-corrected chi connectivity index (χ2v) is 8.07. The first-order valence-electron chi connectivity index (χ1n) is 8.14. The number of hydrogen-bond donors (Lipinski definition) is 1. The molecule has 0 saturated carbocycles. The molecule has 1 aromatic carbocycles. The molecule has 0 unspecified atom stereocenters. The van der Waals surface area contributed by atoms with Crippen LogP contribution in [-0.2, 0) is 16.4 Å². The van der Waals surface area contributed by atoms with E-state index in [-0.39, 0.29) is 4.90 Å².